The van der Waals surface area contributed by atoms with Crippen molar-refractivity contribution in [1.82, 2.24) is 15.5 Å². The highest BCUT2D eigenvalue weighted by Gasteiger charge is 2.16. The average Bonchev–Trinajstić information content (AvgIpc) is 2.72. The van der Waals surface area contributed by atoms with Gasteiger partial charge in [0.15, 0.2) is 5.21 Å². The van der Waals surface area contributed by atoms with Crippen molar-refractivity contribution >= 4 is 11.6 Å². The Morgan fingerprint density at radius 1 is 1.36 bits per heavy atom. The van der Waals surface area contributed by atoms with Crippen LogP contribution in [0.4, 0.5) is 5.69 Å². The minimum atomic E-state index is -0.329. The quantitative estimate of drug-likeness (QED) is 0.691. The van der Waals surface area contributed by atoms with Crippen molar-refractivity contribution in [3.8, 4) is 0 Å². The third-order valence-corrected chi connectivity index (χ3v) is 1.62. The Morgan fingerprint density at radius 3 is 2.79 bits per heavy atom. The van der Waals surface area contributed by atoms with Gasteiger partial charge in [-0.3, -0.25) is 4.79 Å². The van der Waals surface area contributed by atoms with E-state index in [0.717, 1.165) is 0 Å². The number of H-pyrrole nitrogens is 2. The Balaban J connectivity index is 2.10. The van der Waals surface area contributed by atoms with Crippen LogP contribution in [-0.2, 0) is 0 Å². The second-order valence-corrected chi connectivity index (χ2v) is 2.61. The summed E-state index contributed by atoms with van der Waals surface area (Å²) in [6, 6.07) is 9.12. The molecule has 0 aliphatic rings. The maximum atomic E-state index is 11.4. The molecule has 1 amide bonds. The summed E-state index contributed by atoms with van der Waals surface area (Å²) in [5, 5.41) is 14.4. The highest BCUT2D eigenvalue weighted by molar-refractivity contribution is 6.00. The lowest BCUT2D eigenvalue weighted by molar-refractivity contribution is -0.458. The number of carbonyl (C=O) groups excluding carboxylic acids is 1. The fourth-order valence-electron chi connectivity index (χ4n) is 0.992. The van der Waals surface area contributed by atoms with E-state index in [4.69, 9.17) is 0 Å². The lowest BCUT2D eigenvalue weighted by Gasteiger charge is -1.98. The molecular weight excluding hydrogens is 182 g/mol. The molecule has 3 N–H and O–H groups in total. The van der Waals surface area contributed by atoms with Gasteiger partial charge in [0.25, 0.3) is 0 Å². The zero-order chi connectivity index (χ0) is 9.80. The van der Waals surface area contributed by atoms with Gasteiger partial charge in [-0.1, -0.05) is 23.4 Å². The van der Waals surface area contributed by atoms with Gasteiger partial charge in [0.1, 0.15) is 5.10 Å². The van der Waals surface area contributed by atoms with Crippen molar-refractivity contribution in [3.05, 3.63) is 36.2 Å². The molecule has 6 heteroatoms. The van der Waals surface area contributed by atoms with E-state index in [0.29, 0.717) is 5.69 Å². The number of rotatable bonds is 2. The van der Waals surface area contributed by atoms with E-state index < -0.39 is 0 Å². The number of nitrogens with one attached hydrogen (secondary N) is 3. The van der Waals surface area contributed by atoms with Crippen LogP contribution in [0.2, 0.25) is 0 Å². The molecule has 1 aromatic heterocycles. The van der Waals surface area contributed by atoms with Gasteiger partial charge in [0.2, 0.25) is 0 Å². The highest BCUT2D eigenvalue weighted by Crippen LogP contribution is 2.05. The van der Waals surface area contributed by atoms with Crippen molar-refractivity contribution in [3.63, 3.8) is 0 Å². The maximum absolute atomic E-state index is 11.4. The number of aromatic amines is 2. The molecular formula is C8H8N5O+. The highest BCUT2D eigenvalue weighted by atomic mass is 16.2. The molecule has 0 aliphatic carbocycles. The van der Waals surface area contributed by atoms with Crippen molar-refractivity contribution in [2.75, 3.05) is 5.32 Å². The predicted octanol–water partition coefficient (Wildman–Crippen LogP) is -0.129. The molecule has 0 fully saturated rings. The Morgan fingerprint density at radius 2 is 2.14 bits per heavy atom. The van der Waals surface area contributed by atoms with Gasteiger partial charge in [0.05, 0.1) is 0 Å². The molecule has 0 bridgehead atoms. The first-order chi connectivity index (χ1) is 6.86. The van der Waals surface area contributed by atoms with E-state index >= 15 is 0 Å². The van der Waals surface area contributed by atoms with Gasteiger partial charge in [-0.15, -0.1) is 0 Å². The predicted molar refractivity (Wildman–Crippen MR) is 47.3 cm³/mol. The van der Waals surface area contributed by atoms with Crippen LogP contribution in [0.1, 0.15) is 10.6 Å². The maximum Gasteiger partial charge on any atom is 0.387 e. The minimum Gasteiger partial charge on any atom is -0.317 e. The van der Waals surface area contributed by atoms with Crippen LogP contribution in [0.25, 0.3) is 0 Å². The summed E-state index contributed by atoms with van der Waals surface area (Å²) in [7, 11) is 0. The third kappa shape index (κ3) is 1.74. The Hall–Kier alpha value is -2.24. The van der Waals surface area contributed by atoms with E-state index in [-0.39, 0.29) is 11.7 Å². The summed E-state index contributed by atoms with van der Waals surface area (Å²) in [4.78, 5) is 11.4. The van der Waals surface area contributed by atoms with Gasteiger partial charge in [-0.05, 0) is 12.1 Å². The molecule has 0 atom stereocenters. The molecule has 0 spiro atoms. The van der Waals surface area contributed by atoms with Crippen LogP contribution in [0.5, 0.6) is 0 Å². The summed E-state index contributed by atoms with van der Waals surface area (Å²) >= 11 is 0. The Kier molecular flexibility index (Phi) is 2.18. The second kappa shape index (κ2) is 3.65. The topological polar surface area (TPSA) is 84.8 Å². The number of anilines is 1. The Labute approximate surface area is 79.3 Å². The SMILES string of the molecule is O=C(Nc1ccccc1)c1nn[nH][nH+]1. The standard InChI is InChI=1S/C8H7N5O/c14-8(7-10-12-13-11-7)9-6-4-2-1-3-5-6/h1-5H,(H,9,14)(H,10,11,12,13)/p+1. The summed E-state index contributed by atoms with van der Waals surface area (Å²) in [6.07, 6.45) is 0. The van der Waals surface area contributed by atoms with Crippen molar-refractivity contribution < 1.29 is 9.89 Å². The number of nitrogens with zero attached hydrogens (tertiary/aromatic N) is 2. The Bertz CT molecular complexity index is 411. The summed E-state index contributed by atoms with van der Waals surface area (Å²) < 4.78 is 0. The zero-order valence-electron chi connectivity index (χ0n) is 7.19. The van der Waals surface area contributed by atoms with E-state index in [1.165, 1.54) is 0 Å². The lowest BCUT2D eigenvalue weighted by Crippen LogP contribution is -2.22. The molecule has 0 aliphatic heterocycles. The van der Waals surface area contributed by atoms with E-state index in [9.17, 15) is 4.79 Å². The molecule has 0 unspecified atom stereocenters. The summed E-state index contributed by atoms with van der Waals surface area (Å²) in [5.41, 5.74) is 0.717. The first-order valence-corrected chi connectivity index (χ1v) is 4.01. The molecule has 1 aromatic carbocycles. The van der Waals surface area contributed by atoms with Crippen LogP contribution in [0, 0.1) is 0 Å². The summed E-state index contributed by atoms with van der Waals surface area (Å²) in [6.45, 7) is 0. The van der Waals surface area contributed by atoms with Crippen LogP contribution >= 0.6 is 0 Å². The number of hydrogen-bond acceptors (Lipinski definition) is 3. The zero-order valence-corrected chi connectivity index (χ0v) is 7.19. The number of para-hydroxylation sites is 1. The molecule has 14 heavy (non-hydrogen) atoms. The molecule has 2 rings (SSSR count). The van der Waals surface area contributed by atoms with Gasteiger partial charge in [0, 0.05) is 5.69 Å². The first-order valence-electron chi connectivity index (χ1n) is 4.01. The number of aromatic nitrogens is 4. The fraction of sp³-hybridized carbons (Fsp3) is 0. The first kappa shape index (κ1) is 8.36. The van der Waals surface area contributed by atoms with Crippen molar-refractivity contribution in [2.45, 2.75) is 0 Å². The molecule has 0 saturated carbocycles. The second-order valence-electron chi connectivity index (χ2n) is 2.61. The molecule has 0 saturated heterocycles. The molecule has 2 aromatic rings. The normalized spacial score (nSPS) is 9.71. The smallest absolute Gasteiger partial charge is 0.317 e. The van der Waals surface area contributed by atoms with Crippen LogP contribution < -0.4 is 10.4 Å². The number of tetrazole rings is 1. The summed E-state index contributed by atoms with van der Waals surface area (Å²) in [5.74, 6) is -0.182. The van der Waals surface area contributed by atoms with Crippen molar-refractivity contribution in [2.24, 2.45) is 0 Å². The third-order valence-electron chi connectivity index (χ3n) is 1.62. The van der Waals surface area contributed by atoms with E-state index in [1.54, 1.807) is 12.1 Å². The average molecular weight is 190 g/mol. The van der Waals surface area contributed by atoms with Gasteiger partial charge in [-0.2, -0.15) is 5.10 Å². The van der Waals surface area contributed by atoms with Crippen LogP contribution in [-0.4, -0.2) is 21.4 Å². The molecule has 6 nitrogen and oxygen atoms in total. The number of amides is 1. The fourth-order valence-corrected chi connectivity index (χ4v) is 0.992. The van der Waals surface area contributed by atoms with E-state index in [2.05, 4.69) is 25.9 Å². The monoisotopic (exact) mass is 190 g/mol. The molecule has 0 radical (unpaired) electrons. The number of benzene rings is 1. The minimum absolute atomic E-state index is 0.147. The molecule has 70 valence electrons. The van der Waals surface area contributed by atoms with Crippen molar-refractivity contribution in [1.29, 1.82) is 0 Å². The number of carbonyl (C=O) groups is 1. The van der Waals surface area contributed by atoms with Gasteiger partial charge >= 0.3 is 11.7 Å². The number of hydrogen-bond donors (Lipinski definition) is 2. The lowest BCUT2D eigenvalue weighted by atomic mass is 10.3. The van der Waals surface area contributed by atoms with Gasteiger partial charge in [-0.25, -0.2) is 0 Å². The largest absolute Gasteiger partial charge is 0.387 e. The molecule has 1 heterocycles. The van der Waals surface area contributed by atoms with Crippen LogP contribution in [0.3, 0.4) is 0 Å². The van der Waals surface area contributed by atoms with Crippen LogP contribution in [0.15, 0.2) is 30.3 Å². The van der Waals surface area contributed by atoms with E-state index in [1.807, 2.05) is 18.2 Å². The van der Waals surface area contributed by atoms with Gasteiger partial charge < -0.3 is 5.32 Å².